The molecule has 1 saturated carbocycles. The molecule has 0 amide bonds. The molecule has 0 spiro atoms. The average Bonchev–Trinajstić information content (AvgIpc) is 3.09. The molecule has 1 aliphatic heterocycles. The molecule has 1 aliphatic carbocycles. The standard InChI is InChI=1S/C13H23F3N2O/c1-9(19)11-4-12(17-8-13(14,15)16)7-18(6-11)5-10-2-3-10/h9-12,17,19H,2-8H2,1H3. The lowest BCUT2D eigenvalue weighted by Gasteiger charge is -2.39. The maximum absolute atomic E-state index is 12.3. The van der Waals surface area contributed by atoms with Gasteiger partial charge in [0.1, 0.15) is 0 Å². The summed E-state index contributed by atoms with van der Waals surface area (Å²) in [4.78, 5) is 2.21. The number of hydrogen-bond donors (Lipinski definition) is 2. The number of rotatable bonds is 5. The third-order valence-electron chi connectivity index (χ3n) is 4.05. The van der Waals surface area contributed by atoms with Crippen molar-refractivity contribution in [1.29, 1.82) is 0 Å². The first-order valence-corrected chi connectivity index (χ1v) is 7.04. The van der Waals surface area contributed by atoms with E-state index in [1.165, 1.54) is 12.8 Å². The Labute approximate surface area is 112 Å². The van der Waals surface area contributed by atoms with Crippen molar-refractivity contribution in [2.24, 2.45) is 11.8 Å². The zero-order valence-corrected chi connectivity index (χ0v) is 11.3. The van der Waals surface area contributed by atoms with Gasteiger partial charge in [-0.3, -0.25) is 0 Å². The highest BCUT2D eigenvalue weighted by molar-refractivity contribution is 4.88. The van der Waals surface area contributed by atoms with Crippen LogP contribution in [-0.4, -0.2) is 54.5 Å². The smallest absolute Gasteiger partial charge is 0.393 e. The summed E-state index contributed by atoms with van der Waals surface area (Å²) in [5.41, 5.74) is 0. The van der Waals surface area contributed by atoms with Gasteiger partial charge in [0, 0.05) is 25.7 Å². The quantitative estimate of drug-likeness (QED) is 0.803. The molecule has 1 saturated heterocycles. The van der Waals surface area contributed by atoms with Gasteiger partial charge in [0.2, 0.25) is 0 Å². The Morgan fingerprint density at radius 1 is 1.32 bits per heavy atom. The Morgan fingerprint density at radius 3 is 2.53 bits per heavy atom. The highest BCUT2D eigenvalue weighted by Gasteiger charge is 2.35. The van der Waals surface area contributed by atoms with Gasteiger partial charge in [0.15, 0.2) is 0 Å². The summed E-state index contributed by atoms with van der Waals surface area (Å²) >= 11 is 0. The van der Waals surface area contributed by atoms with Crippen LogP contribution < -0.4 is 5.32 Å². The lowest BCUT2D eigenvalue weighted by Crippen LogP contribution is -2.53. The van der Waals surface area contributed by atoms with E-state index in [1.54, 1.807) is 6.92 Å². The summed E-state index contributed by atoms with van der Waals surface area (Å²) in [6, 6.07) is -0.172. The van der Waals surface area contributed by atoms with Gasteiger partial charge in [-0.1, -0.05) is 0 Å². The Kier molecular flexibility index (Phi) is 4.74. The predicted molar refractivity (Wildman–Crippen MR) is 66.8 cm³/mol. The predicted octanol–water partition coefficient (Wildman–Crippen LogP) is 1.62. The molecule has 2 rings (SSSR count). The van der Waals surface area contributed by atoms with Crippen molar-refractivity contribution in [2.45, 2.75) is 44.5 Å². The molecular formula is C13H23F3N2O. The van der Waals surface area contributed by atoms with Crippen LogP contribution in [0.3, 0.4) is 0 Å². The Morgan fingerprint density at radius 2 is 2.00 bits per heavy atom. The van der Waals surface area contributed by atoms with Crippen molar-refractivity contribution in [3.63, 3.8) is 0 Å². The molecule has 3 atom stereocenters. The molecule has 2 N–H and O–H groups in total. The van der Waals surface area contributed by atoms with Gasteiger partial charge in [0.05, 0.1) is 12.6 Å². The molecule has 0 bridgehead atoms. The van der Waals surface area contributed by atoms with Crippen molar-refractivity contribution >= 4 is 0 Å². The number of piperidine rings is 1. The van der Waals surface area contributed by atoms with E-state index in [2.05, 4.69) is 10.2 Å². The highest BCUT2D eigenvalue weighted by atomic mass is 19.4. The summed E-state index contributed by atoms with van der Waals surface area (Å²) in [5, 5.41) is 12.3. The largest absolute Gasteiger partial charge is 0.401 e. The molecule has 0 aromatic carbocycles. The minimum atomic E-state index is -4.17. The van der Waals surface area contributed by atoms with Gasteiger partial charge in [0.25, 0.3) is 0 Å². The molecule has 112 valence electrons. The third kappa shape index (κ3) is 5.28. The minimum Gasteiger partial charge on any atom is -0.393 e. The molecule has 2 fully saturated rings. The van der Waals surface area contributed by atoms with Crippen LogP contribution in [0, 0.1) is 11.8 Å². The van der Waals surface area contributed by atoms with Crippen LogP contribution in [0.25, 0.3) is 0 Å². The Bertz CT molecular complexity index is 292. The van der Waals surface area contributed by atoms with E-state index in [0.29, 0.717) is 13.0 Å². The fourth-order valence-corrected chi connectivity index (χ4v) is 2.80. The SMILES string of the molecule is CC(O)C1CC(NCC(F)(F)F)CN(CC2CC2)C1. The van der Waals surface area contributed by atoms with Gasteiger partial charge in [-0.2, -0.15) is 13.2 Å². The highest BCUT2D eigenvalue weighted by Crippen LogP contribution is 2.31. The van der Waals surface area contributed by atoms with Crippen LogP contribution in [0.2, 0.25) is 0 Å². The summed E-state index contributed by atoms with van der Waals surface area (Å²) in [6.07, 6.45) is -1.54. The first-order valence-electron chi connectivity index (χ1n) is 7.04. The lowest BCUT2D eigenvalue weighted by molar-refractivity contribution is -0.127. The van der Waals surface area contributed by atoms with Crippen LogP contribution in [0.1, 0.15) is 26.2 Å². The second-order valence-electron chi connectivity index (χ2n) is 6.09. The van der Waals surface area contributed by atoms with Gasteiger partial charge >= 0.3 is 6.18 Å². The van der Waals surface area contributed by atoms with Crippen molar-refractivity contribution in [1.82, 2.24) is 10.2 Å². The number of aliphatic hydroxyl groups is 1. The van der Waals surface area contributed by atoms with Crippen LogP contribution in [0.15, 0.2) is 0 Å². The van der Waals surface area contributed by atoms with Gasteiger partial charge in [-0.05, 0) is 38.0 Å². The molecule has 0 aromatic heterocycles. The summed E-state index contributed by atoms with van der Waals surface area (Å²) < 4.78 is 36.8. The number of nitrogens with one attached hydrogen (secondary N) is 1. The van der Waals surface area contributed by atoms with Crippen LogP contribution in [0.4, 0.5) is 13.2 Å². The van der Waals surface area contributed by atoms with Crippen LogP contribution >= 0.6 is 0 Å². The van der Waals surface area contributed by atoms with E-state index in [9.17, 15) is 18.3 Å². The summed E-state index contributed by atoms with van der Waals surface area (Å²) in [6.45, 7) is 3.22. The first-order chi connectivity index (χ1) is 8.83. The third-order valence-corrected chi connectivity index (χ3v) is 4.05. The van der Waals surface area contributed by atoms with Gasteiger partial charge < -0.3 is 15.3 Å². The molecule has 2 aliphatic rings. The number of aliphatic hydroxyl groups excluding tert-OH is 1. The second-order valence-corrected chi connectivity index (χ2v) is 6.09. The molecule has 6 heteroatoms. The van der Waals surface area contributed by atoms with Crippen molar-refractivity contribution < 1.29 is 18.3 Å². The van der Waals surface area contributed by atoms with E-state index >= 15 is 0 Å². The van der Waals surface area contributed by atoms with Crippen molar-refractivity contribution in [3.05, 3.63) is 0 Å². The van der Waals surface area contributed by atoms with Crippen LogP contribution in [0.5, 0.6) is 0 Å². The van der Waals surface area contributed by atoms with E-state index in [1.807, 2.05) is 0 Å². The van der Waals surface area contributed by atoms with Gasteiger partial charge in [-0.25, -0.2) is 0 Å². The zero-order valence-electron chi connectivity index (χ0n) is 11.3. The number of halogens is 3. The van der Waals surface area contributed by atoms with Crippen molar-refractivity contribution in [3.8, 4) is 0 Å². The Hall–Kier alpha value is -0.330. The van der Waals surface area contributed by atoms with Gasteiger partial charge in [-0.15, -0.1) is 0 Å². The van der Waals surface area contributed by atoms with Crippen molar-refractivity contribution in [2.75, 3.05) is 26.2 Å². The molecule has 19 heavy (non-hydrogen) atoms. The van der Waals surface area contributed by atoms with E-state index < -0.39 is 18.8 Å². The summed E-state index contributed by atoms with van der Waals surface area (Å²) in [7, 11) is 0. The molecule has 1 heterocycles. The van der Waals surface area contributed by atoms with E-state index in [0.717, 1.165) is 19.0 Å². The van der Waals surface area contributed by atoms with Crippen LogP contribution in [-0.2, 0) is 0 Å². The first kappa shape index (κ1) is 15.1. The average molecular weight is 280 g/mol. The molecule has 0 aromatic rings. The molecule has 0 radical (unpaired) electrons. The van der Waals surface area contributed by atoms with E-state index in [4.69, 9.17) is 0 Å². The second kappa shape index (κ2) is 5.97. The fraction of sp³-hybridized carbons (Fsp3) is 1.00. The number of hydrogen-bond acceptors (Lipinski definition) is 3. The fourth-order valence-electron chi connectivity index (χ4n) is 2.80. The normalized spacial score (nSPS) is 31.4. The number of nitrogens with zero attached hydrogens (tertiary/aromatic N) is 1. The summed E-state index contributed by atoms with van der Waals surface area (Å²) in [5.74, 6) is 0.786. The monoisotopic (exact) mass is 280 g/mol. The number of alkyl halides is 3. The topological polar surface area (TPSA) is 35.5 Å². The minimum absolute atomic E-state index is 0.0678. The zero-order chi connectivity index (χ0) is 14.0. The Balaban J connectivity index is 1.85. The molecule has 3 nitrogen and oxygen atoms in total. The lowest BCUT2D eigenvalue weighted by atomic mass is 9.90. The maximum atomic E-state index is 12.3. The maximum Gasteiger partial charge on any atom is 0.401 e. The molecular weight excluding hydrogens is 257 g/mol. The number of likely N-dealkylation sites (tertiary alicyclic amines) is 1. The van der Waals surface area contributed by atoms with E-state index in [-0.39, 0.29) is 12.0 Å². The molecule has 3 unspecified atom stereocenters.